The Labute approximate surface area is 146 Å². The van der Waals surface area contributed by atoms with Gasteiger partial charge in [-0.05, 0) is 53.1 Å². The van der Waals surface area contributed by atoms with Crippen LogP contribution in [-0.2, 0) is 20.7 Å². The molecule has 0 unspecified atom stereocenters. The van der Waals surface area contributed by atoms with Crippen LogP contribution in [-0.4, -0.2) is 25.2 Å². The van der Waals surface area contributed by atoms with Gasteiger partial charge >= 0.3 is 11.9 Å². The third-order valence-corrected chi connectivity index (χ3v) is 4.10. The average molecular weight is 336 g/mol. The van der Waals surface area contributed by atoms with Crippen molar-refractivity contribution < 1.29 is 19.1 Å². The summed E-state index contributed by atoms with van der Waals surface area (Å²) < 4.78 is 10.2. The van der Waals surface area contributed by atoms with Crippen molar-refractivity contribution in [1.82, 2.24) is 0 Å². The summed E-state index contributed by atoms with van der Waals surface area (Å²) >= 11 is 0. The number of esters is 2. The monoisotopic (exact) mass is 336 g/mol. The molecule has 0 saturated heterocycles. The van der Waals surface area contributed by atoms with E-state index in [1.165, 1.54) is 7.11 Å². The van der Waals surface area contributed by atoms with E-state index < -0.39 is 5.97 Å². The van der Waals surface area contributed by atoms with Crippen LogP contribution in [0.3, 0.4) is 0 Å². The Kier molecular flexibility index (Phi) is 4.70. The molecule has 0 fully saturated rings. The molecule has 3 aromatic rings. The number of benzene rings is 3. The Hall–Kier alpha value is -2.88. The molecule has 0 aromatic heterocycles. The van der Waals surface area contributed by atoms with Crippen LogP contribution >= 0.6 is 0 Å². The lowest BCUT2D eigenvalue weighted by molar-refractivity contribution is -0.146. The van der Waals surface area contributed by atoms with Gasteiger partial charge in [-0.1, -0.05) is 36.4 Å². The molecule has 4 heteroatoms. The summed E-state index contributed by atoms with van der Waals surface area (Å²) in [5.74, 6) is -0.674. The van der Waals surface area contributed by atoms with Crippen LogP contribution in [0, 0.1) is 0 Å². The first-order valence-corrected chi connectivity index (χ1v) is 8.22. The number of hydrogen-bond donors (Lipinski definition) is 0. The minimum Gasteiger partial charge on any atom is -0.465 e. The van der Waals surface area contributed by atoms with E-state index >= 15 is 0 Å². The predicted molar refractivity (Wildman–Crippen MR) is 97.7 cm³/mol. The lowest BCUT2D eigenvalue weighted by Gasteiger charge is -2.13. The predicted octanol–water partition coefficient (Wildman–Crippen LogP) is 4.27. The lowest BCUT2D eigenvalue weighted by atomic mass is 9.93. The summed E-state index contributed by atoms with van der Waals surface area (Å²) in [5, 5.41) is 3.72. The van der Waals surface area contributed by atoms with Gasteiger partial charge in [0.05, 0.1) is 25.2 Å². The topological polar surface area (TPSA) is 52.6 Å². The maximum Gasteiger partial charge on any atom is 0.338 e. The van der Waals surface area contributed by atoms with Crippen molar-refractivity contribution in [1.29, 1.82) is 0 Å². The molecule has 0 spiro atoms. The Bertz CT molecular complexity index is 957. The fraction of sp³-hybridized carbons (Fsp3) is 0.238. The quantitative estimate of drug-likeness (QED) is 0.527. The van der Waals surface area contributed by atoms with E-state index in [2.05, 4.69) is 0 Å². The van der Waals surface area contributed by atoms with E-state index in [0.29, 0.717) is 5.56 Å². The van der Waals surface area contributed by atoms with Gasteiger partial charge in [-0.2, -0.15) is 0 Å². The molecule has 0 aliphatic rings. The minimum atomic E-state index is -0.392. The van der Waals surface area contributed by atoms with Gasteiger partial charge in [-0.3, -0.25) is 4.79 Å². The smallest absolute Gasteiger partial charge is 0.338 e. The van der Waals surface area contributed by atoms with Crippen molar-refractivity contribution in [2.24, 2.45) is 0 Å². The molecule has 0 heterocycles. The Morgan fingerprint density at radius 1 is 0.920 bits per heavy atom. The number of hydrogen-bond acceptors (Lipinski definition) is 4. The SMILES string of the molecule is COC(=O)c1cccc2c1cc(CC(=O)OC(C)C)c1ccccc12. The second kappa shape index (κ2) is 6.93. The largest absolute Gasteiger partial charge is 0.465 e. The van der Waals surface area contributed by atoms with E-state index in [1.54, 1.807) is 6.07 Å². The zero-order valence-corrected chi connectivity index (χ0v) is 14.5. The van der Waals surface area contributed by atoms with Crippen molar-refractivity contribution >= 4 is 33.5 Å². The highest BCUT2D eigenvalue weighted by Gasteiger charge is 2.16. The first-order valence-electron chi connectivity index (χ1n) is 8.22. The van der Waals surface area contributed by atoms with Crippen LogP contribution in [0.1, 0.15) is 29.8 Å². The summed E-state index contributed by atoms with van der Waals surface area (Å²) in [6, 6.07) is 15.3. The van der Waals surface area contributed by atoms with Crippen LogP contribution in [0.25, 0.3) is 21.5 Å². The van der Waals surface area contributed by atoms with Crippen molar-refractivity contribution in [2.45, 2.75) is 26.4 Å². The fourth-order valence-electron chi connectivity index (χ4n) is 3.10. The van der Waals surface area contributed by atoms with Crippen molar-refractivity contribution in [3.05, 3.63) is 59.7 Å². The summed E-state index contributed by atoms with van der Waals surface area (Å²) in [4.78, 5) is 24.3. The maximum atomic E-state index is 12.2. The van der Waals surface area contributed by atoms with Gasteiger partial charge in [0.2, 0.25) is 0 Å². The normalized spacial score (nSPS) is 11.0. The maximum absolute atomic E-state index is 12.2. The van der Waals surface area contributed by atoms with Gasteiger partial charge in [0.15, 0.2) is 0 Å². The zero-order valence-electron chi connectivity index (χ0n) is 14.5. The van der Waals surface area contributed by atoms with Gasteiger partial charge < -0.3 is 9.47 Å². The van der Waals surface area contributed by atoms with Crippen LogP contribution in [0.2, 0.25) is 0 Å². The van der Waals surface area contributed by atoms with Gasteiger partial charge in [0, 0.05) is 0 Å². The Morgan fingerprint density at radius 3 is 2.24 bits per heavy atom. The molecule has 128 valence electrons. The second-order valence-corrected chi connectivity index (χ2v) is 6.19. The summed E-state index contributed by atoms with van der Waals surface area (Å²) in [6.07, 6.45) is -0.00529. The third-order valence-electron chi connectivity index (χ3n) is 4.10. The van der Waals surface area contributed by atoms with Crippen molar-refractivity contribution in [3.8, 4) is 0 Å². The van der Waals surface area contributed by atoms with Gasteiger partial charge in [0.25, 0.3) is 0 Å². The second-order valence-electron chi connectivity index (χ2n) is 6.19. The minimum absolute atomic E-state index is 0.157. The number of methoxy groups -OCH3 is 1. The summed E-state index contributed by atoms with van der Waals surface area (Å²) in [7, 11) is 1.36. The van der Waals surface area contributed by atoms with Crippen LogP contribution in [0.15, 0.2) is 48.5 Å². The first kappa shape index (κ1) is 17.0. The molecule has 0 aliphatic heterocycles. The van der Waals surface area contributed by atoms with E-state index in [9.17, 15) is 9.59 Å². The lowest BCUT2D eigenvalue weighted by Crippen LogP contribution is -2.14. The van der Waals surface area contributed by atoms with Crippen LogP contribution < -0.4 is 0 Å². The molecular weight excluding hydrogens is 316 g/mol. The standard InChI is InChI=1S/C21H20O4/c1-13(2)25-20(22)12-14-11-19-17(16-8-5-4-7-15(14)16)9-6-10-18(19)21(23)24-3/h4-11,13H,12H2,1-3H3. The van der Waals surface area contributed by atoms with Crippen LogP contribution in [0.5, 0.6) is 0 Å². The van der Waals surface area contributed by atoms with Crippen molar-refractivity contribution in [3.63, 3.8) is 0 Å². The highest BCUT2D eigenvalue weighted by molar-refractivity contribution is 6.15. The molecule has 0 N–H and O–H groups in total. The van der Waals surface area contributed by atoms with Gasteiger partial charge in [0.1, 0.15) is 0 Å². The molecular formula is C21H20O4. The number of ether oxygens (including phenoxy) is 2. The number of fused-ring (bicyclic) bond motifs is 3. The van der Waals surface area contributed by atoms with E-state index in [-0.39, 0.29) is 18.5 Å². The highest BCUT2D eigenvalue weighted by Crippen LogP contribution is 2.31. The molecule has 4 nitrogen and oxygen atoms in total. The van der Waals surface area contributed by atoms with E-state index in [0.717, 1.165) is 27.1 Å². The number of carbonyl (C=O) groups excluding carboxylic acids is 2. The molecule has 0 saturated carbocycles. The molecule has 0 amide bonds. The number of carbonyl (C=O) groups is 2. The molecule has 0 bridgehead atoms. The van der Waals surface area contributed by atoms with E-state index in [1.807, 2.05) is 56.3 Å². The van der Waals surface area contributed by atoms with Gasteiger partial charge in [-0.25, -0.2) is 4.79 Å². The fourth-order valence-corrected chi connectivity index (χ4v) is 3.10. The summed E-state index contributed by atoms with van der Waals surface area (Å²) in [6.45, 7) is 3.65. The first-order chi connectivity index (χ1) is 12.0. The van der Waals surface area contributed by atoms with E-state index in [4.69, 9.17) is 9.47 Å². The number of rotatable bonds is 4. The Morgan fingerprint density at radius 2 is 1.56 bits per heavy atom. The molecule has 25 heavy (non-hydrogen) atoms. The molecule has 0 radical (unpaired) electrons. The molecule has 0 atom stereocenters. The third kappa shape index (κ3) is 3.33. The summed E-state index contributed by atoms with van der Waals surface area (Å²) in [5.41, 5.74) is 1.33. The molecule has 3 aromatic carbocycles. The molecule has 0 aliphatic carbocycles. The zero-order chi connectivity index (χ0) is 18.0. The van der Waals surface area contributed by atoms with Crippen LogP contribution in [0.4, 0.5) is 0 Å². The Balaban J connectivity index is 2.24. The molecule has 3 rings (SSSR count). The highest BCUT2D eigenvalue weighted by atomic mass is 16.5. The van der Waals surface area contributed by atoms with Crippen molar-refractivity contribution in [2.75, 3.05) is 7.11 Å². The van der Waals surface area contributed by atoms with Gasteiger partial charge in [-0.15, -0.1) is 0 Å². The average Bonchev–Trinajstić information content (AvgIpc) is 2.60.